The lowest BCUT2D eigenvalue weighted by atomic mass is 10.1. The molecule has 3 heterocycles. The Hall–Kier alpha value is -4.77. The van der Waals surface area contributed by atoms with Crippen LogP contribution in [0, 0.1) is 0 Å². The summed E-state index contributed by atoms with van der Waals surface area (Å²) in [6.07, 6.45) is 10.7. The molecule has 2 amide bonds. The molecule has 11 nitrogen and oxygen atoms in total. The highest BCUT2D eigenvalue weighted by molar-refractivity contribution is 6.30. The first-order chi connectivity index (χ1) is 18.1. The predicted octanol–water partition coefficient (Wildman–Crippen LogP) is 4.41. The van der Waals surface area contributed by atoms with E-state index in [1.54, 1.807) is 54.7 Å². The second kappa shape index (κ2) is 10.9. The van der Waals surface area contributed by atoms with Crippen molar-refractivity contribution in [1.82, 2.24) is 30.2 Å². The molecule has 4 aromatic rings. The van der Waals surface area contributed by atoms with Gasteiger partial charge in [-0.15, -0.1) is 5.10 Å². The van der Waals surface area contributed by atoms with E-state index in [0.29, 0.717) is 45.3 Å². The van der Waals surface area contributed by atoms with Crippen LogP contribution in [-0.4, -0.2) is 48.8 Å². The van der Waals surface area contributed by atoms with Crippen LogP contribution in [0.1, 0.15) is 17.8 Å². The molecule has 186 valence electrons. The summed E-state index contributed by atoms with van der Waals surface area (Å²) in [6, 6.07) is 10.4. The van der Waals surface area contributed by atoms with Gasteiger partial charge in [-0.2, -0.15) is 4.68 Å². The molecule has 37 heavy (non-hydrogen) atoms. The first-order valence-corrected chi connectivity index (χ1v) is 11.7. The molecule has 0 saturated carbocycles. The van der Waals surface area contributed by atoms with Gasteiger partial charge in [0.15, 0.2) is 0 Å². The fourth-order valence-electron chi connectivity index (χ4n) is 3.82. The van der Waals surface area contributed by atoms with Crippen molar-refractivity contribution in [3.8, 4) is 16.9 Å². The van der Waals surface area contributed by atoms with E-state index in [4.69, 9.17) is 16.3 Å². The molecule has 1 aliphatic heterocycles. The Morgan fingerprint density at radius 1 is 1.22 bits per heavy atom. The van der Waals surface area contributed by atoms with Crippen molar-refractivity contribution < 1.29 is 14.3 Å². The van der Waals surface area contributed by atoms with Gasteiger partial charge in [-0.1, -0.05) is 29.8 Å². The number of hydrogen-bond acceptors (Lipinski definition) is 7. The highest BCUT2D eigenvalue weighted by atomic mass is 35.5. The SMILES string of the molecule is O=C(C=Cc1cc(Cl)ccc1-n1cnnn1)Nc1cccc2c1-c1cnc([nH]1)CCC=CCOC(=O)N2. The number of imidazole rings is 1. The number of tetrazole rings is 1. The minimum absolute atomic E-state index is 0.154. The molecule has 2 aromatic carbocycles. The molecule has 5 rings (SSSR count). The second-order valence-corrected chi connectivity index (χ2v) is 8.42. The van der Waals surface area contributed by atoms with Crippen LogP contribution in [0.2, 0.25) is 5.02 Å². The van der Waals surface area contributed by atoms with E-state index < -0.39 is 12.0 Å². The lowest BCUT2D eigenvalue weighted by Gasteiger charge is -2.15. The molecule has 12 heteroatoms. The summed E-state index contributed by atoms with van der Waals surface area (Å²) in [6.45, 7) is 0.154. The second-order valence-electron chi connectivity index (χ2n) is 7.99. The first-order valence-electron chi connectivity index (χ1n) is 11.3. The fourth-order valence-corrected chi connectivity index (χ4v) is 4.00. The number of rotatable bonds is 4. The summed E-state index contributed by atoms with van der Waals surface area (Å²) in [7, 11) is 0. The lowest BCUT2D eigenvalue weighted by Crippen LogP contribution is -2.15. The van der Waals surface area contributed by atoms with Crippen molar-refractivity contribution in [2.45, 2.75) is 12.8 Å². The molecule has 3 N–H and O–H groups in total. The van der Waals surface area contributed by atoms with Crippen LogP contribution in [0.4, 0.5) is 16.2 Å². The van der Waals surface area contributed by atoms with E-state index in [1.165, 1.54) is 17.1 Å². The van der Waals surface area contributed by atoms with Gasteiger partial charge in [-0.25, -0.2) is 9.78 Å². The third-order valence-corrected chi connectivity index (χ3v) is 5.72. The smallest absolute Gasteiger partial charge is 0.411 e. The first kappa shape index (κ1) is 23.9. The van der Waals surface area contributed by atoms with Crippen LogP contribution in [0.3, 0.4) is 0 Å². The number of aryl methyl sites for hydroxylation is 1. The molecule has 1 aliphatic rings. The number of cyclic esters (lactones) is 1. The number of halogens is 1. The van der Waals surface area contributed by atoms with Gasteiger partial charge in [0.25, 0.3) is 0 Å². The molecule has 0 atom stereocenters. The number of hydrogen-bond donors (Lipinski definition) is 3. The van der Waals surface area contributed by atoms with Crippen LogP contribution in [0.25, 0.3) is 23.0 Å². The Kier molecular flexibility index (Phi) is 7.04. The van der Waals surface area contributed by atoms with E-state index in [0.717, 1.165) is 12.2 Å². The van der Waals surface area contributed by atoms with Crippen molar-refractivity contribution in [3.05, 3.63) is 83.6 Å². The Morgan fingerprint density at radius 3 is 3.00 bits per heavy atom. The summed E-state index contributed by atoms with van der Waals surface area (Å²) >= 11 is 6.17. The van der Waals surface area contributed by atoms with E-state index in [-0.39, 0.29) is 6.61 Å². The molecule has 0 unspecified atom stereocenters. The normalized spacial score (nSPS) is 13.6. The Morgan fingerprint density at radius 2 is 2.14 bits per heavy atom. The molecule has 0 saturated heterocycles. The van der Waals surface area contributed by atoms with Crippen LogP contribution >= 0.6 is 11.6 Å². The summed E-state index contributed by atoms with van der Waals surface area (Å²) < 4.78 is 6.70. The van der Waals surface area contributed by atoms with E-state index in [1.807, 2.05) is 6.08 Å². The maximum Gasteiger partial charge on any atom is 0.411 e. The summed E-state index contributed by atoms with van der Waals surface area (Å²) in [5, 5.41) is 17.3. The minimum Gasteiger partial charge on any atom is -0.445 e. The van der Waals surface area contributed by atoms with Gasteiger partial charge in [-0.05, 0) is 53.3 Å². The number of benzene rings is 2. The highest BCUT2D eigenvalue weighted by Crippen LogP contribution is 2.35. The Balaban J connectivity index is 1.45. The van der Waals surface area contributed by atoms with Gasteiger partial charge in [-0.3, -0.25) is 10.1 Å². The predicted molar refractivity (Wildman–Crippen MR) is 138 cm³/mol. The van der Waals surface area contributed by atoms with Gasteiger partial charge < -0.3 is 15.0 Å². The minimum atomic E-state index is -0.607. The number of nitrogens with one attached hydrogen (secondary N) is 3. The number of aromatic amines is 1. The quantitative estimate of drug-likeness (QED) is 0.269. The molecule has 0 fully saturated rings. The van der Waals surface area contributed by atoms with E-state index in [2.05, 4.69) is 36.1 Å². The van der Waals surface area contributed by atoms with Gasteiger partial charge in [0.2, 0.25) is 5.91 Å². The zero-order valence-electron chi connectivity index (χ0n) is 19.4. The molecule has 0 aliphatic carbocycles. The number of ether oxygens (including phenoxy) is 1. The van der Waals surface area contributed by atoms with Gasteiger partial charge in [0.1, 0.15) is 18.8 Å². The Bertz CT molecular complexity index is 1490. The van der Waals surface area contributed by atoms with E-state index in [9.17, 15) is 9.59 Å². The maximum absolute atomic E-state index is 13.0. The summed E-state index contributed by atoms with van der Waals surface area (Å²) in [4.78, 5) is 33.1. The molecular formula is C25H21ClN8O3. The van der Waals surface area contributed by atoms with Crippen LogP contribution in [-0.2, 0) is 16.0 Å². The van der Waals surface area contributed by atoms with Crippen LogP contribution in [0.5, 0.6) is 0 Å². The number of amides is 2. The lowest BCUT2D eigenvalue weighted by molar-refractivity contribution is -0.111. The molecule has 2 bridgehead atoms. The molecule has 0 radical (unpaired) electrons. The zero-order valence-corrected chi connectivity index (χ0v) is 20.1. The van der Waals surface area contributed by atoms with Crippen molar-refractivity contribution in [2.75, 3.05) is 17.2 Å². The number of allylic oxidation sites excluding steroid dienone is 1. The Labute approximate surface area is 216 Å². The number of carbonyl (C=O) groups excluding carboxylic acids is 2. The largest absolute Gasteiger partial charge is 0.445 e. The van der Waals surface area contributed by atoms with Crippen LogP contribution in [0.15, 0.2) is 67.2 Å². The summed E-state index contributed by atoms with van der Waals surface area (Å²) in [5.74, 6) is 0.389. The molecule has 2 aromatic heterocycles. The average Bonchev–Trinajstić information content (AvgIpc) is 3.58. The van der Waals surface area contributed by atoms with Crippen molar-refractivity contribution >= 4 is 41.1 Å². The number of nitrogens with zero attached hydrogens (tertiary/aromatic N) is 5. The maximum atomic E-state index is 13.0. The fraction of sp³-hybridized carbons (Fsp3) is 0.120. The zero-order chi connectivity index (χ0) is 25.6. The molecule has 0 spiro atoms. The highest BCUT2D eigenvalue weighted by Gasteiger charge is 2.17. The number of fused-ring (bicyclic) bond motifs is 4. The standard InChI is InChI=1S/C25H21ClN8O3/c26-17-9-10-21(34-15-28-32-33-34)16(13-17)8-11-23(35)30-18-5-4-6-19-24(18)20-14-27-22(29-20)7-2-1-3-12-37-25(36)31-19/h1,3-6,8-11,13-15H,2,7,12H2,(H,27,29)(H,30,35)(H,31,36). The monoisotopic (exact) mass is 516 g/mol. The van der Waals surface area contributed by atoms with Crippen molar-refractivity contribution in [3.63, 3.8) is 0 Å². The third kappa shape index (κ3) is 5.73. The average molecular weight is 517 g/mol. The number of carbonyl (C=O) groups is 2. The van der Waals surface area contributed by atoms with E-state index >= 15 is 0 Å². The molecular weight excluding hydrogens is 496 g/mol. The number of aromatic nitrogens is 6. The van der Waals surface area contributed by atoms with Crippen molar-refractivity contribution in [2.24, 2.45) is 0 Å². The number of H-pyrrole nitrogens is 1. The van der Waals surface area contributed by atoms with Gasteiger partial charge in [0, 0.05) is 28.6 Å². The van der Waals surface area contributed by atoms with Gasteiger partial charge in [0.05, 0.1) is 29.0 Å². The number of anilines is 2. The summed E-state index contributed by atoms with van der Waals surface area (Å²) in [5.41, 5.74) is 3.45. The van der Waals surface area contributed by atoms with Crippen molar-refractivity contribution in [1.29, 1.82) is 0 Å². The topological polar surface area (TPSA) is 140 Å². The third-order valence-electron chi connectivity index (χ3n) is 5.48. The van der Waals surface area contributed by atoms with Gasteiger partial charge >= 0.3 is 6.09 Å². The van der Waals surface area contributed by atoms with Crippen LogP contribution < -0.4 is 10.6 Å².